The van der Waals surface area contributed by atoms with E-state index in [2.05, 4.69) is 5.32 Å². The number of hydrogen-bond donors (Lipinski definition) is 1. The largest absolute Gasteiger partial charge is 0.324 e. The molecule has 1 N–H and O–H groups in total. The van der Waals surface area contributed by atoms with Crippen molar-refractivity contribution < 1.29 is 13.2 Å². The Bertz CT molecular complexity index is 897. The molecule has 2 aromatic carbocycles. The molecule has 0 aliphatic carbocycles. The second-order valence-corrected chi connectivity index (χ2v) is 8.74. The highest BCUT2D eigenvalue weighted by Crippen LogP contribution is 2.27. The van der Waals surface area contributed by atoms with Gasteiger partial charge in [0.15, 0.2) is 0 Å². The van der Waals surface area contributed by atoms with Crippen LogP contribution in [0.2, 0.25) is 5.02 Å². The molecule has 140 valence electrons. The number of carbonyl (C=O) groups excluding carboxylic acids is 1. The van der Waals surface area contributed by atoms with Crippen LogP contribution < -0.4 is 9.62 Å². The van der Waals surface area contributed by atoms with Crippen molar-refractivity contribution in [3.05, 3.63) is 59.1 Å². The van der Waals surface area contributed by atoms with Crippen LogP contribution in [0.4, 0.5) is 11.4 Å². The first-order valence-electron chi connectivity index (χ1n) is 8.26. The standard InChI is InChI=1S/C19H23ClN2O3S/c1-13(2)17-10-5-6-11-18(17)21-19(23)14(3)22(26(4,24)25)16-9-7-8-15(20)12-16/h5-14H,1-4H3,(H,21,23)/t14-/m0/s1. The summed E-state index contributed by atoms with van der Waals surface area (Å²) < 4.78 is 25.7. The lowest BCUT2D eigenvalue weighted by Gasteiger charge is -2.28. The Hall–Kier alpha value is -2.05. The molecule has 0 saturated carbocycles. The third kappa shape index (κ3) is 4.77. The number of rotatable bonds is 6. The summed E-state index contributed by atoms with van der Waals surface area (Å²) in [5.41, 5.74) is 2.01. The van der Waals surface area contributed by atoms with Gasteiger partial charge in [0.2, 0.25) is 15.9 Å². The van der Waals surface area contributed by atoms with Crippen molar-refractivity contribution in [2.24, 2.45) is 0 Å². The van der Waals surface area contributed by atoms with E-state index in [1.807, 2.05) is 38.1 Å². The number of halogens is 1. The second-order valence-electron chi connectivity index (χ2n) is 6.45. The molecule has 0 fully saturated rings. The normalized spacial score (nSPS) is 12.7. The molecule has 5 nitrogen and oxygen atoms in total. The number of benzene rings is 2. The highest BCUT2D eigenvalue weighted by atomic mass is 35.5. The second kappa shape index (κ2) is 8.10. The fraction of sp³-hybridized carbons (Fsp3) is 0.316. The zero-order chi connectivity index (χ0) is 19.5. The van der Waals surface area contributed by atoms with Gasteiger partial charge in [0.25, 0.3) is 0 Å². The van der Waals surface area contributed by atoms with E-state index in [4.69, 9.17) is 11.6 Å². The van der Waals surface area contributed by atoms with Crippen molar-refractivity contribution in [1.82, 2.24) is 0 Å². The number of sulfonamides is 1. The van der Waals surface area contributed by atoms with E-state index in [-0.39, 0.29) is 5.92 Å². The summed E-state index contributed by atoms with van der Waals surface area (Å²) >= 11 is 5.99. The summed E-state index contributed by atoms with van der Waals surface area (Å²) in [6, 6.07) is 13.0. The topological polar surface area (TPSA) is 66.5 Å². The molecular formula is C19H23ClN2O3S. The van der Waals surface area contributed by atoms with Crippen LogP contribution in [0.5, 0.6) is 0 Å². The van der Waals surface area contributed by atoms with Crippen LogP contribution in [0.3, 0.4) is 0 Å². The van der Waals surface area contributed by atoms with E-state index < -0.39 is 22.0 Å². The van der Waals surface area contributed by atoms with Gasteiger partial charge in [-0.3, -0.25) is 9.10 Å². The van der Waals surface area contributed by atoms with Gasteiger partial charge in [0.1, 0.15) is 6.04 Å². The molecule has 0 aliphatic heterocycles. The van der Waals surface area contributed by atoms with Gasteiger partial charge < -0.3 is 5.32 Å². The lowest BCUT2D eigenvalue weighted by molar-refractivity contribution is -0.116. The monoisotopic (exact) mass is 394 g/mol. The van der Waals surface area contributed by atoms with Crippen molar-refractivity contribution in [3.8, 4) is 0 Å². The maximum Gasteiger partial charge on any atom is 0.248 e. The summed E-state index contributed by atoms with van der Waals surface area (Å²) in [5, 5.41) is 3.25. The third-order valence-electron chi connectivity index (χ3n) is 3.99. The molecule has 0 aliphatic rings. The van der Waals surface area contributed by atoms with E-state index >= 15 is 0 Å². The minimum absolute atomic E-state index is 0.223. The van der Waals surface area contributed by atoms with Crippen LogP contribution >= 0.6 is 11.6 Å². The van der Waals surface area contributed by atoms with Crippen molar-refractivity contribution >= 4 is 38.9 Å². The number of para-hydroxylation sites is 1. The van der Waals surface area contributed by atoms with E-state index in [0.717, 1.165) is 16.1 Å². The molecule has 0 radical (unpaired) electrons. The number of amides is 1. The Labute approximate surface area is 160 Å². The molecule has 0 heterocycles. The van der Waals surface area contributed by atoms with Crippen LogP contribution in [0.1, 0.15) is 32.3 Å². The Morgan fingerprint density at radius 2 is 1.73 bits per heavy atom. The molecule has 0 spiro atoms. The third-order valence-corrected chi connectivity index (χ3v) is 5.47. The summed E-state index contributed by atoms with van der Waals surface area (Å²) in [4.78, 5) is 12.8. The first-order valence-corrected chi connectivity index (χ1v) is 10.5. The zero-order valence-corrected chi connectivity index (χ0v) is 16.8. The van der Waals surface area contributed by atoms with Crippen LogP contribution in [0.15, 0.2) is 48.5 Å². The summed E-state index contributed by atoms with van der Waals surface area (Å²) in [7, 11) is -3.68. The first kappa shape index (κ1) is 20.3. The number of anilines is 2. The first-order chi connectivity index (χ1) is 12.1. The summed E-state index contributed by atoms with van der Waals surface area (Å²) in [5.74, 6) is -0.191. The highest BCUT2D eigenvalue weighted by Gasteiger charge is 2.29. The SMILES string of the molecule is CC(C)c1ccccc1NC(=O)[C@H](C)N(c1cccc(Cl)c1)S(C)(=O)=O. The average Bonchev–Trinajstić information content (AvgIpc) is 2.54. The van der Waals surface area contributed by atoms with Gasteiger partial charge in [0, 0.05) is 10.7 Å². The maximum absolute atomic E-state index is 12.8. The van der Waals surface area contributed by atoms with Crippen LogP contribution in [-0.4, -0.2) is 26.6 Å². The molecule has 2 rings (SSSR count). The Kier molecular flexibility index (Phi) is 6.31. The van der Waals surface area contributed by atoms with Crippen LogP contribution in [0.25, 0.3) is 0 Å². The molecule has 0 saturated heterocycles. The average molecular weight is 395 g/mol. The van der Waals surface area contributed by atoms with Gasteiger partial charge in [-0.05, 0) is 42.7 Å². The number of carbonyl (C=O) groups is 1. The Morgan fingerprint density at radius 1 is 1.08 bits per heavy atom. The molecule has 2 aromatic rings. The van der Waals surface area contributed by atoms with E-state index in [1.54, 1.807) is 25.1 Å². The van der Waals surface area contributed by atoms with Gasteiger partial charge in [-0.15, -0.1) is 0 Å². The van der Waals surface area contributed by atoms with Crippen molar-refractivity contribution in [2.45, 2.75) is 32.7 Å². The predicted octanol–water partition coefficient (Wildman–Crippen LogP) is 4.26. The fourth-order valence-corrected chi connectivity index (χ4v) is 4.12. The molecule has 26 heavy (non-hydrogen) atoms. The van der Waals surface area contributed by atoms with Gasteiger partial charge in [-0.25, -0.2) is 8.42 Å². The molecule has 1 atom stereocenters. The molecule has 0 aromatic heterocycles. The quantitative estimate of drug-likeness (QED) is 0.796. The molecule has 0 unspecified atom stereocenters. The lowest BCUT2D eigenvalue weighted by Crippen LogP contribution is -2.45. The lowest BCUT2D eigenvalue weighted by atomic mass is 10.0. The fourth-order valence-electron chi connectivity index (χ4n) is 2.77. The van der Waals surface area contributed by atoms with Crippen LogP contribution in [-0.2, 0) is 14.8 Å². The Balaban J connectivity index is 2.35. The van der Waals surface area contributed by atoms with Gasteiger partial charge in [-0.1, -0.05) is 49.7 Å². The van der Waals surface area contributed by atoms with Crippen molar-refractivity contribution in [1.29, 1.82) is 0 Å². The van der Waals surface area contributed by atoms with Crippen molar-refractivity contribution in [2.75, 3.05) is 15.9 Å². The van der Waals surface area contributed by atoms with Gasteiger partial charge in [0.05, 0.1) is 11.9 Å². The minimum Gasteiger partial charge on any atom is -0.324 e. The highest BCUT2D eigenvalue weighted by molar-refractivity contribution is 7.92. The number of nitrogens with zero attached hydrogens (tertiary/aromatic N) is 1. The molecule has 0 bridgehead atoms. The summed E-state index contributed by atoms with van der Waals surface area (Å²) in [6.45, 7) is 5.61. The molecular weight excluding hydrogens is 372 g/mol. The predicted molar refractivity (Wildman–Crippen MR) is 107 cm³/mol. The van der Waals surface area contributed by atoms with Crippen molar-refractivity contribution in [3.63, 3.8) is 0 Å². The number of nitrogens with one attached hydrogen (secondary N) is 1. The van der Waals surface area contributed by atoms with Gasteiger partial charge >= 0.3 is 0 Å². The summed E-state index contributed by atoms with van der Waals surface area (Å²) in [6.07, 6.45) is 1.07. The smallest absolute Gasteiger partial charge is 0.248 e. The molecule has 7 heteroatoms. The molecule has 1 amide bonds. The maximum atomic E-state index is 12.8. The van der Waals surface area contributed by atoms with E-state index in [9.17, 15) is 13.2 Å². The Morgan fingerprint density at radius 3 is 2.31 bits per heavy atom. The van der Waals surface area contributed by atoms with Crippen LogP contribution in [0, 0.1) is 0 Å². The van der Waals surface area contributed by atoms with E-state index in [1.165, 1.54) is 6.07 Å². The van der Waals surface area contributed by atoms with Gasteiger partial charge in [-0.2, -0.15) is 0 Å². The number of hydrogen-bond acceptors (Lipinski definition) is 3. The minimum atomic E-state index is -3.68. The van der Waals surface area contributed by atoms with E-state index in [0.29, 0.717) is 16.4 Å². The zero-order valence-electron chi connectivity index (χ0n) is 15.2.